The van der Waals surface area contributed by atoms with Crippen molar-refractivity contribution in [1.29, 1.82) is 0 Å². The monoisotopic (exact) mass is 1080 g/mol. The molecular weight excluding hydrogens is 961 g/mol. The van der Waals surface area contributed by atoms with Crippen LogP contribution in [0, 0.1) is 0 Å². The molecule has 1 atom stereocenters. The van der Waals surface area contributed by atoms with Gasteiger partial charge in [0.1, 0.15) is 13.2 Å². The summed E-state index contributed by atoms with van der Waals surface area (Å²) in [4.78, 5) is 38.4. The van der Waals surface area contributed by atoms with Crippen molar-refractivity contribution in [1.82, 2.24) is 0 Å². The first-order chi connectivity index (χ1) is 38.5. The number of hydrogen-bond acceptors (Lipinski definition) is 6. The summed E-state index contributed by atoms with van der Waals surface area (Å²) in [6.07, 6.45) is 89.4. The van der Waals surface area contributed by atoms with Crippen molar-refractivity contribution in [2.75, 3.05) is 13.2 Å². The van der Waals surface area contributed by atoms with E-state index in [9.17, 15) is 14.4 Å². The lowest BCUT2D eigenvalue weighted by atomic mass is 10.0. The van der Waals surface area contributed by atoms with Gasteiger partial charge >= 0.3 is 17.9 Å². The molecule has 0 aromatic heterocycles. The van der Waals surface area contributed by atoms with Gasteiger partial charge in [0.25, 0.3) is 0 Å². The summed E-state index contributed by atoms with van der Waals surface area (Å²) in [5.41, 5.74) is 0. The lowest BCUT2D eigenvalue weighted by Gasteiger charge is -2.18. The van der Waals surface area contributed by atoms with Crippen LogP contribution in [0.5, 0.6) is 0 Å². The number of carbonyl (C=O) groups is 3. The van der Waals surface area contributed by atoms with Crippen LogP contribution in [0.3, 0.4) is 0 Å². The van der Waals surface area contributed by atoms with Crippen molar-refractivity contribution in [2.24, 2.45) is 0 Å². The van der Waals surface area contributed by atoms with Crippen LogP contribution in [0.15, 0.2) is 109 Å². The molecule has 0 radical (unpaired) electrons. The first kappa shape index (κ1) is 74.1. The molecule has 0 rings (SSSR count). The fourth-order valence-electron chi connectivity index (χ4n) is 9.10. The minimum atomic E-state index is -0.798. The molecule has 0 fully saturated rings. The van der Waals surface area contributed by atoms with Crippen LogP contribution in [0.4, 0.5) is 0 Å². The number of hydrogen-bond donors (Lipinski definition) is 0. The largest absolute Gasteiger partial charge is 0.462 e. The molecule has 78 heavy (non-hydrogen) atoms. The Labute approximate surface area is 482 Å². The average Bonchev–Trinajstić information content (AvgIpc) is 3.44. The van der Waals surface area contributed by atoms with Crippen LogP contribution in [0.2, 0.25) is 0 Å². The Kier molecular flexibility index (Phi) is 62.3. The molecule has 0 aliphatic rings. The van der Waals surface area contributed by atoms with E-state index in [0.717, 1.165) is 135 Å². The van der Waals surface area contributed by atoms with Gasteiger partial charge in [-0.1, -0.05) is 291 Å². The standard InChI is InChI=1S/C72H122O6/c1-4-7-10-13-16-19-22-25-28-31-33-35-36-38-39-41-44-47-50-53-56-59-62-65-71(74)77-68-69(67-76-70(73)64-61-58-55-52-49-46-43-30-27-24-21-18-15-12-9-6-3)78-72(75)66-63-60-57-54-51-48-45-42-40-37-34-32-29-26-23-20-17-14-11-8-5-2/h7,10,16,19,23,25-26,28,32-35,38-40,42,44,47,69H,4-6,8-9,11-15,17-18,20-22,24,27,29-31,36-37,41,43,45-46,48-68H2,1-3H3/b10-7-,19-16-,26-23-,28-25-,34-32-,35-33-,39-38-,42-40-,47-44-. The molecule has 0 spiro atoms. The molecule has 0 aromatic rings. The third-order valence-corrected chi connectivity index (χ3v) is 14.0. The van der Waals surface area contributed by atoms with Gasteiger partial charge in [-0.05, 0) is 109 Å². The van der Waals surface area contributed by atoms with E-state index in [-0.39, 0.29) is 31.1 Å². The van der Waals surface area contributed by atoms with E-state index in [1.807, 2.05) is 0 Å². The first-order valence-corrected chi connectivity index (χ1v) is 32.9. The van der Waals surface area contributed by atoms with Crippen LogP contribution in [-0.2, 0) is 28.6 Å². The molecule has 0 amide bonds. The molecule has 0 bridgehead atoms. The number of esters is 3. The number of carbonyl (C=O) groups excluding carboxylic acids is 3. The van der Waals surface area contributed by atoms with Gasteiger partial charge < -0.3 is 14.2 Å². The lowest BCUT2D eigenvalue weighted by molar-refractivity contribution is -0.167. The third-order valence-electron chi connectivity index (χ3n) is 14.0. The number of unbranched alkanes of at least 4 members (excludes halogenated alkanes) is 30. The minimum Gasteiger partial charge on any atom is -0.462 e. The van der Waals surface area contributed by atoms with Gasteiger partial charge in [0.15, 0.2) is 6.10 Å². The predicted molar refractivity (Wildman–Crippen MR) is 339 cm³/mol. The van der Waals surface area contributed by atoms with Gasteiger partial charge in [0.05, 0.1) is 0 Å². The highest BCUT2D eigenvalue weighted by molar-refractivity contribution is 5.71. The van der Waals surface area contributed by atoms with Gasteiger partial charge in [0, 0.05) is 19.3 Å². The summed E-state index contributed by atoms with van der Waals surface area (Å²) in [6, 6.07) is 0. The van der Waals surface area contributed by atoms with E-state index < -0.39 is 6.10 Å². The zero-order valence-corrected chi connectivity index (χ0v) is 51.2. The molecule has 0 saturated carbocycles. The van der Waals surface area contributed by atoms with Crippen molar-refractivity contribution in [2.45, 2.75) is 316 Å². The lowest BCUT2D eigenvalue weighted by Crippen LogP contribution is -2.30. The van der Waals surface area contributed by atoms with Crippen LogP contribution >= 0.6 is 0 Å². The Morgan fingerprint density at radius 3 is 0.782 bits per heavy atom. The fourth-order valence-corrected chi connectivity index (χ4v) is 9.10. The van der Waals surface area contributed by atoms with Gasteiger partial charge in [-0.25, -0.2) is 0 Å². The molecule has 0 heterocycles. The minimum absolute atomic E-state index is 0.0906. The average molecular weight is 1080 g/mol. The van der Waals surface area contributed by atoms with Crippen LogP contribution < -0.4 is 0 Å². The zero-order chi connectivity index (χ0) is 56.4. The number of ether oxygens (including phenoxy) is 3. The maximum Gasteiger partial charge on any atom is 0.306 e. The maximum absolute atomic E-state index is 12.9. The zero-order valence-electron chi connectivity index (χ0n) is 51.2. The third kappa shape index (κ3) is 62.9. The molecule has 6 nitrogen and oxygen atoms in total. The van der Waals surface area contributed by atoms with Crippen molar-refractivity contribution in [3.8, 4) is 0 Å². The fraction of sp³-hybridized carbons (Fsp3) is 0.708. The summed E-state index contributed by atoms with van der Waals surface area (Å²) in [5, 5.41) is 0. The molecule has 0 N–H and O–H groups in total. The second kappa shape index (κ2) is 65.6. The van der Waals surface area contributed by atoms with Crippen molar-refractivity contribution >= 4 is 17.9 Å². The summed E-state index contributed by atoms with van der Waals surface area (Å²) >= 11 is 0. The van der Waals surface area contributed by atoms with E-state index in [2.05, 4.69) is 130 Å². The molecule has 0 aliphatic heterocycles. The Bertz CT molecular complexity index is 1570. The second-order valence-electron chi connectivity index (χ2n) is 21.6. The number of rotatable bonds is 59. The van der Waals surface area contributed by atoms with Crippen molar-refractivity contribution < 1.29 is 28.6 Å². The van der Waals surface area contributed by atoms with Gasteiger partial charge in [-0.15, -0.1) is 0 Å². The van der Waals surface area contributed by atoms with Crippen LogP contribution in [-0.4, -0.2) is 37.2 Å². The first-order valence-electron chi connectivity index (χ1n) is 32.9. The molecule has 0 aliphatic carbocycles. The topological polar surface area (TPSA) is 78.9 Å². The molecule has 6 heteroatoms. The van der Waals surface area contributed by atoms with Gasteiger partial charge in [-0.3, -0.25) is 14.4 Å². The smallest absolute Gasteiger partial charge is 0.306 e. The summed E-state index contributed by atoms with van der Waals surface area (Å²) in [7, 11) is 0. The van der Waals surface area contributed by atoms with Gasteiger partial charge in [0.2, 0.25) is 0 Å². The number of allylic oxidation sites excluding steroid dienone is 18. The summed E-state index contributed by atoms with van der Waals surface area (Å²) in [5.74, 6) is -0.919. The van der Waals surface area contributed by atoms with E-state index in [0.29, 0.717) is 19.3 Å². The SMILES string of the molecule is CC/C=C\C/C=C\C/C=C\C/C=C\C/C=C\C/C=C\CCCCCCC(=O)OCC(COC(=O)CCCCCCCCCCCCCCCCCC)OC(=O)CCCCCCCC/C=C\C/C=C\C/C=C\CCCCCCC. The van der Waals surface area contributed by atoms with E-state index in [1.54, 1.807) is 0 Å². The van der Waals surface area contributed by atoms with Crippen LogP contribution in [0.1, 0.15) is 310 Å². The van der Waals surface area contributed by atoms with E-state index >= 15 is 0 Å². The quantitative estimate of drug-likeness (QED) is 0.0261. The Morgan fingerprint density at radius 1 is 0.269 bits per heavy atom. The summed E-state index contributed by atoms with van der Waals surface area (Å²) < 4.78 is 16.9. The van der Waals surface area contributed by atoms with E-state index in [4.69, 9.17) is 14.2 Å². The highest BCUT2D eigenvalue weighted by Crippen LogP contribution is 2.16. The maximum atomic E-state index is 12.9. The van der Waals surface area contributed by atoms with Crippen molar-refractivity contribution in [3.63, 3.8) is 0 Å². The Morgan fingerprint density at radius 2 is 0.500 bits per heavy atom. The van der Waals surface area contributed by atoms with E-state index in [1.165, 1.54) is 135 Å². The highest BCUT2D eigenvalue weighted by Gasteiger charge is 2.19. The summed E-state index contributed by atoms with van der Waals surface area (Å²) in [6.45, 7) is 6.51. The Hall–Kier alpha value is -3.93. The van der Waals surface area contributed by atoms with Gasteiger partial charge in [-0.2, -0.15) is 0 Å². The molecular formula is C72H122O6. The highest BCUT2D eigenvalue weighted by atomic mass is 16.6. The normalized spacial score (nSPS) is 12.8. The Balaban J connectivity index is 4.46. The molecule has 0 saturated heterocycles. The predicted octanol–water partition coefficient (Wildman–Crippen LogP) is 22.6. The molecule has 446 valence electrons. The van der Waals surface area contributed by atoms with Crippen molar-refractivity contribution in [3.05, 3.63) is 109 Å². The molecule has 0 aromatic carbocycles. The van der Waals surface area contributed by atoms with Crippen LogP contribution in [0.25, 0.3) is 0 Å². The molecule has 1 unspecified atom stereocenters. The second-order valence-corrected chi connectivity index (χ2v) is 21.6.